The number of hydrogen-bond acceptors (Lipinski definition) is 0. The normalized spacial score (nSPS) is 16.1. The smallest absolute Gasteiger partial charge is 1.00 e. The average molecular weight is 570 g/mol. The first kappa shape index (κ1) is 29.4. The van der Waals surface area contributed by atoms with Gasteiger partial charge in [0.15, 0.2) is 0 Å². The summed E-state index contributed by atoms with van der Waals surface area (Å²) in [5, 5.41) is 5.55. The van der Waals surface area contributed by atoms with Crippen molar-refractivity contribution in [3.05, 3.63) is 85.6 Å². The van der Waals surface area contributed by atoms with E-state index in [-0.39, 0.29) is 61.8 Å². The van der Waals surface area contributed by atoms with Crippen molar-refractivity contribution in [2.24, 2.45) is 0 Å². The molecule has 177 valence electrons. The Morgan fingerprint density at radius 2 is 1.50 bits per heavy atom. The van der Waals surface area contributed by atoms with E-state index in [2.05, 4.69) is 90.1 Å². The third-order valence-corrected chi connectivity index (χ3v) is 7.22. The fourth-order valence-electron chi connectivity index (χ4n) is 5.47. The van der Waals surface area contributed by atoms with E-state index in [1.165, 1.54) is 69.2 Å². The van der Waals surface area contributed by atoms with Crippen LogP contribution in [0.1, 0.15) is 95.9 Å². The Balaban J connectivity index is 0.00000136. The first-order valence-corrected chi connectivity index (χ1v) is 12.0. The molecule has 0 bridgehead atoms. The largest absolute Gasteiger partial charge is 3.00 e. The standard InChI is InChI=1S/C31H35.2ClH.Zr/c1-30(2,3)23-16-15-22-17-26-25(24(22)18-23)19-27(31(4,5)6)29(21-13-9-10-14-21)28(26)20-11-7-8-12-20;;;/h7-8,11,15-16,18-19H,9-10,12-14H2,1-6H3;2*1H;/q-1;;;+3/p-2. The molecule has 3 aliphatic rings. The van der Waals surface area contributed by atoms with Crippen LogP contribution in [0.4, 0.5) is 0 Å². The summed E-state index contributed by atoms with van der Waals surface area (Å²) in [5.74, 6) is 0. The third kappa shape index (κ3) is 5.14. The maximum Gasteiger partial charge on any atom is 3.00 e. The summed E-state index contributed by atoms with van der Waals surface area (Å²) in [6.45, 7) is 14.1. The topological polar surface area (TPSA) is 0 Å². The van der Waals surface area contributed by atoms with Gasteiger partial charge >= 0.3 is 26.2 Å². The van der Waals surface area contributed by atoms with Gasteiger partial charge in [-0.25, -0.2) is 0 Å². The maximum atomic E-state index is 3.86. The van der Waals surface area contributed by atoms with Gasteiger partial charge in [0.25, 0.3) is 0 Å². The number of rotatable bonds is 1. The quantitative estimate of drug-likeness (QED) is 0.378. The summed E-state index contributed by atoms with van der Waals surface area (Å²) >= 11 is 0. The Morgan fingerprint density at radius 1 is 0.824 bits per heavy atom. The van der Waals surface area contributed by atoms with Crippen LogP contribution in [0.15, 0.2) is 42.5 Å². The minimum atomic E-state index is 0. The van der Waals surface area contributed by atoms with Crippen molar-refractivity contribution in [2.75, 3.05) is 0 Å². The van der Waals surface area contributed by atoms with E-state index >= 15 is 0 Å². The van der Waals surface area contributed by atoms with Crippen LogP contribution in [0, 0.1) is 10.4 Å². The molecule has 0 aromatic heterocycles. The molecule has 0 nitrogen and oxygen atoms in total. The average Bonchev–Trinajstić information content (AvgIpc) is 3.44. The van der Waals surface area contributed by atoms with Gasteiger partial charge < -0.3 is 24.8 Å². The minimum Gasteiger partial charge on any atom is -1.00 e. The van der Waals surface area contributed by atoms with Crippen molar-refractivity contribution in [1.82, 2.24) is 0 Å². The number of benzene rings is 2. The molecule has 1 fully saturated rings. The summed E-state index contributed by atoms with van der Waals surface area (Å²) in [6.07, 6.45) is 16.9. The van der Waals surface area contributed by atoms with E-state index in [0.29, 0.717) is 0 Å². The van der Waals surface area contributed by atoms with Crippen LogP contribution >= 0.6 is 0 Å². The predicted octanol–water partition coefficient (Wildman–Crippen LogP) is 0.661. The molecule has 1 saturated carbocycles. The van der Waals surface area contributed by atoms with Gasteiger partial charge in [0.1, 0.15) is 0 Å². The SMILES string of the molecule is CC(C)(C)c1ccc2c(c1)=c1cc(C(C)(C)C)c(=C3CCCC3)c(C3=CC=CC3)c1[C-]=2.[Cl-].[Cl-].[Zr+3]. The predicted molar refractivity (Wildman–Crippen MR) is 133 cm³/mol. The van der Waals surface area contributed by atoms with Crippen LogP contribution in [-0.2, 0) is 37.0 Å². The molecule has 1 radical (unpaired) electrons. The van der Waals surface area contributed by atoms with Crippen LogP contribution < -0.4 is 35.3 Å². The molecular formula is C31H35Cl2Zr. The molecule has 0 heterocycles. The molecule has 2 aromatic carbocycles. The van der Waals surface area contributed by atoms with Crippen molar-refractivity contribution in [2.45, 2.75) is 84.5 Å². The molecule has 0 atom stereocenters. The molecule has 0 saturated heterocycles. The van der Waals surface area contributed by atoms with Gasteiger partial charge in [0.05, 0.1) is 0 Å². The molecule has 0 N–H and O–H groups in total. The summed E-state index contributed by atoms with van der Waals surface area (Å²) < 4.78 is 0. The molecule has 34 heavy (non-hydrogen) atoms. The van der Waals surface area contributed by atoms with Crippen molar-refractivity contribution >= 4 is 17.2 Å². The first-order chi connectivity index (χ1) is 14.6. The van der Waals surface area contributed by atoms with Crippen LogP contribution in [0.25, 0.3) is 17.2 Å². The van der Waals surface area contributed by atoms with Gasteiger partial charge in [-0.05, 0) is 53.7 Å². The molecule has 0 aliphatic heterocycles. The fourth-order valence-corrected chi connectivity index (χ4v) is 5.47. The molecule has 0 amide bonds. The van der Waals surface area contributed by atoms with E-state index in [0.717, 1.165) is 6.42 Å². The van der Waals surface area contributed by atoms with Crippen LogP contribution in [0.2, 0.25) is 0 Å². The van der Waals surface area contributed by atoms with Gasteiger partial charge in [-0.3, -0.25) is 0 Å². The molecule has 5 rings (SSSR count). The van der Waals surface area contributed by atoms with Crippen molar-refractivity contribution in [1.29, 1.82) is 0 Å². The van der Waals surface area contributed by atoms with E-state index in [1.807, 2.05) is 0 Å². The second-order valence-corrected chi connectivity index (χ2v) is 11.6. The van der Waals surface area contributed by atoms with Gasteiger partial charge in [-0.1, -0.05) is 100 Å². The Labute approximate surface area is 237 Å². The molecule has 0 unspecified atom stereocenters. The number of allylic oxidation sites excluding steroid dienone is 4. The summed E-state index contributed by atoms with van der Waals surface area (Å²) in [4.78, 5) is 0. The zero-order valence-electron chi connectivity index (χ0n) is 21.3. The fraction of sp³-hybridized carbons (Fsp3) is 0.419. The minimum absolute atomic E-state index is 0. The van der Waals surface area contributed by atoms with Gasteiger partial charge in [-0.15, -0.1) is 33.4 Å². The second-order valence-electron chi connectivity index (χ2n) is 11.6. The van der Waals surface area contributed by atoms with Crippen molar-refractivity contribution < 1.29 is 51.0 Å². The van der Waals surface area contributed by atoms with Crippen LogP contribution in [0.5, 0.6) is 0 Å². The summed E-state index contributed by atoms with van der Waals surface area (Å²) in [5.41, 5.74) is 9.10. The molecule has 3 aliphatic carbocycles. The second kappa shape index (κ2) is 10.6. The number of hydrogen-bond donors (Lipinski definition) is 0. The van der Waals surface area contributed by atoms with E-state index in [1.54, 1.807) is 10.8 Å². The Kier molecular flexibility index (Phi) is 9.17. The summed E-state index contributed by atoms with van der Waals surface area (Å²) in [7, 11) is 0. The van der Waals surface area contributed by atoms with Gasteiger partial charge in [-0.2, -0.15) is 0 Å². The van der Waals surface area contributed by atoms with Crippen molar-refractivity contribution in [3.63, 3.8) is 0 Å². The van der Waals surface area contributed by atoms with Crippen molar-refractivity contribution in [3.8, 4) is 0 Å². The first-order valence-electron chi connectivity index (χ1n) is 12.0. The number of fused-ring (bicyclic) bond motifs is 2. The zero-order chi connectivity index (χ0) is 22.0. The zero-order valence-corrected chi connectivity index (χ0v) is 25.3. The Hall–Kier alpha value is -0.877. The number of halogens is 2. The monoisotopic (exact) mass is 567 g/mol. The third-order valence-electron chi connectivity index (χ3n) is 7.22. The van der Waals surface area contributed by atoms with Gasteiger partial charge in [0.2, 0.25) is 0 Å². The summed E-state index contributed by atoms with van der Waals surface area (Å²) in [6, 6.07) is 9.53. The molecule has 2 aromatic rings. The van der Waals surface area contributed by atoms with Crippen LogP contribution in [0.3, 0.4) is 0 Å². The van der Waals surface area contributed by atoms with E-state index in [4.69, 9.17) is 0 Å². The molecule has 0 spiro atoms. The Bertz CT molecular complexity index is 1350. The maximum absolute atomic E-state index is 3.86. The van der Waals surface area contributed by atoms with E-state index < -0.39 is 0 Å². The molecule has 3 heteroatoms. The van der Waals surface area contributed by atoms with Crippen LogP contribution in [-0.4, -0.2) is 0 Å². The Morgan fingerprint density at radius 3 is 2.06 bits per heavy atom. The van der Waals surface area contributed by atoms with E-state index in [9.17, 15) is 0 Å². The molecular weight excluding hydrogens is 534 g/mol. The van der Waals surface area contributed by atoms with Gasteiger partial charge in [0, 0.05) is 0 Å².